The molecular weight excluding hydrogens is 172 g/mol. The van der Waals surface area contributed by atoms with E-state index in [0.717, 1.165) is 0 Å². The van der Waals surface area contributed by atoms with Crippen LogP contribution in [0.2, 0.25) is 0 Å². The van der Waals surface area contributed by atoms with Gasteiger partial charge in [0.05, 0.1) is 12.2 Å². The van der Waals surface area contributed by atoms with Gasteiger partial charge >= 0.3 is 5.97 Å². The minimum atomic E-state index is -0.591. The van der Waals surface area contributed by atoms with Gasteiger partial charge in [0.2, 0.25) is 0 Å². The monoisotopic (exact) mass is 186 g/mol. The van der Waals surface area contributed by atoms with Gasteiger partial charge in [-0.2, -0.15) is 0 Å². The minimum absolute atomic E-state index is 0.0797. The second-order valence-electron chi connectivity index (χ2n) is 2.39. The highest BCUT2D eigenvalue weighted by atomic mass is 16.6. The normalized spacial score (nSPS) is 11.2. The van der Waals surface area contributed by atoms with E-state index in [1.165, 1.54) is 20.1 Å². The topological polar surface area (TPSA) is 52.6 Å². The first-order chi connectivity index (χ1) is 6.13. The lowest BCUT2D eigenvalue weighted by atomic mass is 10.2. The first-order valence-corrected chi connectivity index (χ1v) is 3.96. The summed E-state index contributed by atoms with van der Waals surface area (Å²) in [4.78, 5) is 22.0. The molecule has 4 nitrogen and oxygen atoms in total. The molecule has 0 heterocycles. The van der Waals surface area contributed by atoms with Crippen molar-refractivity contribution < 1.29 is 19.1 Å². The standard InChI is InChI=1S/C9H14O4/c1-4-8(7(2)10)9(11)13-6-5-12-3/h4H,5-6H2,1-3H3. The molecule has 0 saturated heterocycles. The van der Waals surface area contributed by atoms with Gasteiger partial charge in [0.15, 0.2) is 5.78 Å². The Hall–Kier alpha value is -1.16. The fourth-order valence-corrected chi connectivity index (χ4v) is 0.760. The summed E-state index contributed by atoms with van der Waals surface area (Å²) in [5.41, 5.74) is 0.0797. The van der Waals surface area contributed by atoms with Gasteiger partial charge in [-0.05, 0) is 13.8 Å². The summed E-state index contributed by atoms with van der Waals surface area (Å²) >= 11 is 0. The Kier molecular flexibility index (Phi) is 5.80. The SMILES string of the molecule is CC=C(C(C)=O)C(=O)OCCOC. The zero-order chi connectivity index (χ0) is 10.3. The maximum Gasteiger partial charge on any atom is 0.341 e. The van der Waals surface area contributed by atoms with E-state index in [-0.39, 0.29) is 18.0 Å². The second kappa shape index (κ2) is 6.37. The number of carbonyl (C=O) groups is 2. The van der Waals surface area contributed by atoms with Gasteiger partial charge in [0.1, 0.15) is 6.61 Å². The van der Waals surface area contributed by atoms with Crippen LogP contribution in [0.4, 0.5) is 0 Å². The average Bonchev–Trinajstić information content (AvgIpc) is 2.05. The van der Waals surface area contributed by atoms with Gasteiger partial charge in [0.25, 0.3) is 0 Å². The number of esters is 1. The van der Waals surface area contributed by atoms with Crippen molar-refractivity contribution in [2.24, 2.45) is 0 Å². The van der Waals surface area contributed by atoms with Crippen LogP contribution in [0.15, 0.2) is 11.6 Å². The third-order valence-corrected chi connectivity index (χ3v) is 1.41. The Bertz CT molecular complexity index is 218. The highest BCUT2D eigenvalue weighted by molar-refractivity contribution is 6.16. The van der Waals surface area contributed by atoms with Crippen molar-refractivity contribution in [1.29, 1.82) is 0 Å². The third-order valence-electron chi connectivity index (χ3n) is 1.41. The number of hydrogen-bond donors (Lipinski definition) is 0. The van der Waals surface area contributed by atoms with E-state index in [1.807, 2.05) is 0 Å². The minimum Gasteiger partial charge on any atom is -0.460 e. The summed E-state index contributed by atoms with van der Waals surface area (Å²) in [6.07, 6.45) is 1.44. The maximum absolute atomic E-state index is 11.1. The summed E-state index contributed by atoms with van der Waals surface area (Å²) < 4.78 is 9.43. The van der Waals surface area contributed by atoms with Crippen molar-refractivity contribution in [2.45, 2.75) is 13.8 Å². The summed E-state index contributed by atoms with van der Waals surface area (Å²) in [5, 5.41) is 0. The fourth-order valence-electron chi connectivity index (χ4n) is 0.760. The number of hydrogen-bond acceptors (Lipinski definition) is 4. The number of methoxy groups -OCH3 is 1. The molecule has 0 atom stereocenters. The maximum atomic E-state index is 11.1. The van der Waals surface area contributed by atoms with Crippen LogP contribution in [0.5, 0.6) is 0 Å². The number of carbonyl (C=O) groups excluding carboxylic acids is 2. The molecule has 13 heavy (non-hydrogen) atoms. The molecule has 0 N–H and O–H groups in total. The molecule has 4 heteroatoms. The average molecular weight is 186 g/mol. The largest absolute Gasteiger partial charge is 0.460 e. The van der Waals surface area contributed by atoms with Crippen molar-refractivity contribution >= 4 is 11.8 Å². The van der Waals surface area contributed by atoms with Crippen LogP contribution >= 0.6 is 0 Å². The molecule has 0 unspecified atom stereocenters. The Morgan fingerprint density at radius 2 is 1.92 bits per heavy atom. The molecule has 0 saturated carbocycles. The van der Waals surface area contributed by atoms with Crippen molar-refractivity contribution in [3.05, 3.63) is 11.6 Å². The van der Waals surface area contributed by atoms with Crippen molar-refractivity contribution in [1.82, 2.24) is 0 Å². The molecule has 0 aromatic heterocycles. The van der Waals surface area contributed by atoms with E-state index in [1.54, 1.807) is 6.92 Å². The molecule has 0 aromatic carbocycles. The predicted molar refractivity (Wildman–Crippen MR) is 47.3 cm³/mol. The van der Waals surface area contributed by atoms with E-state index >= 15 is 0 Å². The highest BCUT2D eigenvalue weighted by Gasteiger charge is 2.13. The van der Waals surface area contributed by atoms with E-state index in [0.29, 0.717) is 6.61 Å². The second-order valence-corrected chi connectivity index (χ2v) is 2.39. The van der Waals surface area contributed by atoms with Crippen molar-refractivity contribution in [3.63, 3.8) is 0 Å². The Morgan fingerprint density at radius 3 is 2.31 bits per heavy atom. The number of ether oxygens (including phenoxy) is 2. The zero-order valence-electron chi connectivity index (χ0n) is 8.12. The summed E-state index contributed by atoms with van der Waals surface area (Å²) in [6.45, 7) is 3.45. The number of allylic oxidation sites excluding steroid dienone is 1. The summed E-state index contributed by atoms with van der Waals surface area (Å²) in [6, 6.07) is 0. The predicted octanol–water partition coefficient (Wildman–Crippen LogP) is 0.711. The number of rotatable bonds is 5. The molecule has 0 fully saturated rings. The lowest BCUT2D eigenvalue weighted by molar-refractivity contribution is -0.141. The van der Waals surface area contributed by atoms with E-state index in [4.69, 9.17) is 4.74 Å². The van der Waals surface area contributed by atoms with E-state index in [9.17, 15) is 9.59 Å². The summed E-state index contributed by atoms with van der Waals surface area (Å²) in [5.74, 6) is -0.878. The van der Waals surface area contributed by atoms with Crippen LogP contribution < -0.4 is 0 Å². The Morgan fingerprint density at radius 1 is 1.31 bits per heavy atom. The molecule has 0 aliphatic carbocycles. The third kappa shape index (κ3) is 4.42. The lowest BCUT2D eigenvalue weighted by Gasteiger charge is -2.04. The van der Waals surface area contributed by atoms with Crippen LogP contribution in [0.1, 0.15) is 13.8 Å². The van der Waals surface area contributed by atoms with Crippen LogP contribution in [-0.4, -0.2) is 32.1 Å². The quantitative estimate of drug-likeness (QED) is 0.208. The molecule has 0 rings (SSSR count). The molecule has 0 spiro atoms. The molecule has 0 aliphatic rings. The molecule has 0 radical (unpaired) electrons. The smallest absolute Gasteiger partial charge is 0.341 e. The molecule has 0 aliphatic heterocycles. The van der Waals surface area contributed by atoms with Gasteiger partial charge in [-0.25, -0.2) is 4.79 Å². The van der Waals surface area contributed by atoms with Gasteiger partial charge in [-0.1, -0.05) is 6.08 Å². The molecule has 74 valence electrons. The highest BCUT2D eigenvalue weighted by Crippen LogP contribution is 1.99. The first kappa shape index (κ1) is 11.8. The van der Waals surface area contributed by atoms with Crippen LogP contribution in [-0.2, 0) is 19.1 Å². The van der Waals surface area contributed by atoms with E-state index in [2.05, 4.69) is 4.74 Å². The summed E-state index contributed by atoms with van der Waals surface area (Å²) in [7, 11) is 1.51. The van der Waals surface area contributed by atoms with Crippen molar-refractivity contribution in [3.8, 4) is 0 Å². The van der Waals surface area contributed by atoms with Gasteiger partial charge < -0.3 is 9.47 Å². The van der Waals surface area contributed by atoms with E-state index < -0.39 is 5.97 Å². The van der Waals surface area contributed by atoms with Gasteiger partial charge in [0, 0.05) is 7.11 Å². The fraction of sp³-hybridized carbons (Fsp3) is 0.556. The molecular formula is C9H14O4. The zero-order valence-corrected chi connectivity index (χ0v) is 8.12. The van der Waals surface area contributed by atoms with Crippen LogP contribution in [0.3, 0.4) is 0 Å². The molecule has 0 amide bonds. The van der Waals surface area contributed by atoms with Gasteiger partial charge in [-0.3, -0.25) is 4.79 Å². The lowest BCUT2D eigenvalue weighted by Crippen LogP contribution is -2.16. The van der Waals surface area contributed by atoms with Crippen molar-refractivity contribution in [2.75, 3.05) is 20.3 Å². The van der Waals surface area contributed by atoms with Crippen LogP contribution in [0.25, 0.3) is 0 Å². The van der Waals surface area contributed by atoms with Gasteiger partial charge in [-0.15, -0.1) is 0 Å². The first-order valence-electron chi connectivity index (χ1n) is 3.96. The Labute approximate surface area is 77.5 Å². The molecule has 0 aromatic rings. The number of ketones is 1. The number of Topliss-reactive ketones (excluding diaryl/α,β-unsaturated/α-hetero) is 1. The Balaban J connectivity index is 4.02. The van der Waals surface area contributed by atoms with Crippen LogP contribution in [0, 0.1) is 0 Å². The molecule has 0 bridgehead atoms.